The molecule has 1 aromatic carbocycles. The van der Waals surface area contributed by atoms with E-state index in [9.17, 15) is 4.79 Å². The van der Waals surface area contributed by atoms with Gasteiger partial charge in [-0.25, -0.2) is 4.79 Å². The van der Waals surface area contributed by atoms with E-state index in [2.05, 4.69) is 29.5 Å². The zero-order valence-electron chi connectivity index (χ0n) is 12.2. The molecule has 0 amide bonds. The third-order valence-electron chi connectivity index (χ3n) is 5.06. The average molecular weight is 384 g/mol. The maximum absolute atomic E-state index is 12.0. The van der Waals surface area contributed by atoms with E-state index < -0.39 is 0 Å². The molecule has 0 aliphatic heterocycles. The molecule has 0 N–H and O–H groups in total. The number of methoxy groups -OCH3 is 1. The van der Waals surface area contributed by atoms with Crippen LogP contribution in [0.15, 0.2) is 6.07 Å². The molecule has 0 atom stereocenters. The zero-order chi connectivity index (χ0) is 14.3. The van der Waals surface area contributed by atoms with Crippen LogP contribution in [0.2, 0.25) is 0 Å². The van der Waals surface area contributed by atoms with E-state index in [-0.39, 0.29) is 5.97 Å². The first-order valence-corrected chi connectivity index (χ1v) is 8.62. The molecule has 2 aliphatic carbocycles. The Hall–Kier alpha value is -0.580. The van der Waals surface area contributed by atoms with Crippen molar-refractivity contribution < 1.29 is 9.53 Å². The topological polar surface area (TPSA) is 26.3 Å². The standard InChI is InChI=1S/C17H21IO2/c1-10-13(17(19)20-2)9-14(18)16(12-7-4-8-12)15(10)11-5-3-6-11/h9,11-12H,3-8H2,1-2H3. The minimum Gasteiger partial charge on any atom is -0.465 e. The third-order valence-corrected chi connectivity index (χ3v) is 5.95. The minimum absolute atomic E-state index is 0.193. The van der Waals surface area contributed by atoms with Gasteiger partial charge < -0.3 is 4.74 Å². The quantitative estimate of drug-likeness (QED) is 0.546. The van der Waals surface area contributed by atoms with E-state index in [0.717, 1.165) is 11.5 Å². The number of benzene rings is 1. The van der Waals surface area contributed by atoms with E-state index in [1.54, 1.807) is 5.56 Å². The van der Waals surface area contributed by atoms with Crippen LogP contribution in [0.3, 0.4) is 0 Å². The summed E-state index contributed by atoms with van der Waals surface area (Å²) in [5, 5.41) is 0. The van der Waals surface area contributed by atoms with Crippen molar-refractivity contribution in [3.05, 3.63) is 31.9 Å². The second kappa shape index (κ2) is 5.66. The fourth-order valence-electron chi connectivity index (χ4n) is 3.45. The van der Waals surface area contributed by atoms with Gasteiger partial charge in [0.15, 0.2) is 0 Å². The Morgan fingerprint density at radius 3 is 2.15 bits per heavy atom. The molecule has 0 unspecified atom stereocenters. The van der Waals surface area contributed by atoms with Gasteiger partial charge in [-0.2, -0.15) is 0 Å². The van der Waals surface area contributed by atoms with Crippen LogP contribution in [0.25, 0.3) is 0 Å². The van der Waals surface area contributed by atoms with E-state index in [4.69, 9.17) is 4.74 Å². The van der Waals surface area contributed by atoms with Crippen molar-refractivity contribution in [3.8, 4) is 0 Å². The highest BCUT2D eigenvalue weighted by Gasteiger charge is 2.32. The van der Waals surface area contributed by atoms with Gasteiger partial charge in [0.05, 0.1) is 12.7 Å². The summed E-state index contributed by atoms with van der Waals surface area (Å²) in [6, 6.07) is 2.04. The normalized spacial score (nSPS) is 19.4. The molecule has 0 spiro atoms. The smallest absolute Gasteiger partial charge is 0.338 e. The lowest BCUT2D eigenvalue weighted by Crippen LogP contribution is -2.21. The van der Waals surface area contributed by atoms with Gasteiger partial charge in [-0.1, -0.05) is 12.8 Å². The highest BCUT2D eigenvalue weighted by atomic mass is 127. The van der Waals surface area contributed by atoms with Crippen LogP contribution in [0, 0.1) is 10.5 Å². The van der Waals surface area contributed by atoms with Gasteiger partial charge in [0.2, 0.25) is 0 Å². The molecule has 3 rings (SSSR count). The van der Waals surface area contributed by atoms with Crippen molar-refractivity contribution in [3.63, 3.8) is 0 Å². The van der Waals surface area contributed by atoms with Gasteiger partial charge in [0.25, 0.3) is 0 Å². The zero-order valence-corrected chi connectivity index (χ0v) is 14.3. The second-order valence-corrected chi connectivity index (χ2v) is 7.27. The summed E-state index contributed by atoms with van der Waals surface area (Å²) in [4.78, 5) is 12.0. The average Bonchev–Trinajstić information content (AvgIpc) is 2.32. The summed E-state index contributed by atoms with van der Waals surface area (Å²) in [6.45, 7) is 2.11. The molecule has 2 nitrogen and oxygen atoms in total. The Morgan fingerprint density at radius 1 is 1.15 bits per heavy atom. The molecule has 0 radical (unpaired) electrons. The summed E-state index contributed by atoms with van der Waals surface area (Å²) in [5.74, 6) is 1.20. The molecule has 20 heavy (non-hydrogen) atoms. The summed E-state index contributed by atoms with van der Waals surface area (Å²) < 4.78 is 6.22. The lowest BCUT2D eigenvalue weighted by molar-refractivity contribution is 0.0599. The molecule has 2 fully saturated rings. The van der Waals surface area contributed by atoms with Gasteiger partial charge in [-0.05, 0) is 89.8 Å². The van der Waals surface area contributed by atoms with Crippen LogP contribution >= 0.6 is 22.6 Å². The molecule has 2 aliphatic rings. The number of rotatable bonds is 3. The molecule has 0 heterocycles. The van der Waals surface area contributed by atoms with E-state index >= 15 is 0 Å². The van der Waals surface area contributed by atoms with Crippen LogP contribution in [-0.4, -0.2) is 13.1 Å². The van der Waals surface area contributed by atoms with E-state index in [0.29, 0.717) is 5.92 Å². The Kier molecular flexibility index (Phi) is 4.07. The number of hydrogen-bond acceptors (Lipinski definition) is 2. The Labute approximate surface area is 134 Å². The number of carbonyl (C=O) groups is 1. The summed E-state index contributed by atoms with van der Waals surface area (Å²) in [6.07, 6.45) is 7.86. The second-order valence-electron chi connectivity index (χ2n) is 6.11. The summed E-state index contributed by atoms with van der Waals surface area (Å²) >= 11 is 2.42. The number of esters is 1. The highest BCUT2D eigenvalue weighted by Crippen LogP contribution is 2.48. The van der Waals surface area contributed by atoms with Crippen LogP contribution in [0.1, 0.15) is 77.4 Å². The van der Waals surface area contributed by atoms with Crippen LogP contribution < -0.4 is 0 Å². The molecular weight excluding hydrogens is 363 g/mol. The fraction of sp³-hybridized carbons (Fsp3) is 0.588. The van der Waals surface area contributed by atoms with Gasteiger partial charge in [0.1, 0.15) is 0 Å². The molecule has 108 valence electrons. The first-order chi connectivity index (χ1) is 9.63. The van der Waals surface area contributed by atoms with E-state index in [1.165, 1.54) is 60.3 Å². The summed E-state index contributed by atoms with van der Waals surface area (Å²) in [5.41, 5.74) is 4.96. The number of ether oxygens (including phenoxy) is 1. The molecule has 0 bridgehead atoms. The fourth-order valence-corrected chi connectivity index (χ4v) is 4.49. The predicted molar refractivity (Wildman–Crippen MR) is 88.4 cm³/mol. The van der Waals surface area contributed by atoms with Gasteiger partial charge in [-0.3, -0.25) is 0 Å². The van der Waals surface area contributed by atoms with Crippen LogP contribution in [0.4, 0.5) is 0 Å². The molecular formula is C17H21IO2. The monoisotopic (exact) mass is 384 g/mol. The number of carbonyl (C=O) groups excluding carboxylic acids is 1. The first kappa shape index (κ1) is 14.4. The molecule has 0 aromatic heterocycles. The van der Waals surface area contributed by atoms with Gasteiger partial charge in [0, 0.05) is 3.57 Å². The van der Waals surface area contributed by atoms with Crippen LogP contribution in [0.5, 0.6) is 0 Å². The van der Waals surface area contributed by atoms with E-state index in [1.807, 2.05) is 6.07 Å². The Bertz CT molecular complexity index is 542. The lowest BCUT2D eigenvalue weighted by atomic mass is 9.70. The van der Waals surface area contributed by atoms with Gasteiger partial charge >= 0.3 is 5.97 Å². The predicted octanol–water partition coefficient (Wildman–Crippen LogP) is 4.92. The molecule has 0 saturated heterocycles. The molecule has 1 aromatic rings. The van der Waals surface area contributed by atoms with Crippen molar-refractivity contribution in [1.82, 2.24) is 0 Å². The number of halogens is 1. The maximum atomic E-state index is 12.0. The third kappa shape index (κ3) is 2.28. The van der Waals surface area contributed by atoms with Crippen molar-refractivity contribution in [2.75, 3.05) is 7.11 Å². The Morgan fingerprint density at radius 2 is 1.70 bits per heavy atom. The minimum atomic E-state index is -0.193. The highest BCUT2D eigenvalue weighted by molar-refractivity contribution is 14.1. The largest absolute Gasteiger partial charge is 0.465 e. The van der Waals surface area contributed by atoms with Crippen LogP contribution in [-0.2, 0) is 4.74 Å². The van der Waals surface area contributed by atoms with Crippen molar-refractivity contribution >= 4 is 28.6 Å². The summed E-state index contributed by atoms with van der Waals surface area (Å²) in [7, 11) is 1.47. The van der Waals surface area contributed by atoms with Crippen molar-refractivity contribution in [2.24, 2.45) is 0 Å². The molecule has 2 saturated carbocycles. The number of hydrogen-bond donors (Lipinski definition) is 0. The first-order valence-electron chi connectivity index (χ1n) is 7.54. The maximum Gasteiger partial charge on any atom is 0.338 e. The SMILES string of the molecule is COC(=O)c1cc(I)c(C2CCC2)c(C2CCC2)c1C. The van der Waals surface area contributed by atoms with Gasteiger partial charge in [-0.15, -0.1) is 0 Å². The van der Waals surface area contributed by atoms with Crippen molar-refractivity contribution in [1.29, 1.82) is 0 Å². The molecule has 3 heteroatoms. The van der Waals surface area contributed by atoms with Crippen molar-refractivity contribution in [2.45, 2.75) is 57.3 Å². The Balaban J connectivity index is 2.13. The lowest BCUT2D eigenvalue weighted by Gasteiger charge is -2.36.